The van der Waals surface area contributed by atoms with E-state index in [-0.39, 0.29) is 0 Å². The van der Waals surface area contributed by atoms with Crippen LogP contribution in [0.2, 0.25) is 0 Å². The lowest BCUT2D eigenvalue weighted by Crippen LogP contribution is -1.66. The molecule has 0 N–H and O–H groups in total. The predicted molar refractivity (Wildman–Crippen MR) is 26.9 cm³/mol. The second-order valence-electron chi connectivity index (χ2n) is 1.37. The normalized spacial score (nSPS) is 9.29. The molecule has 0 aliphatic heterocycles. The summed E-state index contributed by atoms with van der Waals surface area (Å²) >= 11 is 0. The van der Waals surface area contributed by atoms with Crippen molar-refractivity contribution in [1.82, 2.24) is 0 Å². The van der Waals surface area contributed by atoms with E-state index in [9.17, 15) is 0 Å². The van der Waals surface area contributed by atoms with E-state index in [0.29, 0.717) is 0 Å². The minimum absolute atomic E-state index is 0.962. The van der Waals surface area contributed by atoms with Gasteiger partial charge in [-0.25, -0.2) is 0 Å². The summed E-state index contributed by atoms with van der Waals surface area (Å²) in [5.41, 5.74) is 0. The van der Waals surface area contributed by atoms with Crippen molar-refractivity contribution in [3.63, 3.8) is 0 Å². The minimum Gasteiger partial charge on any atom is -0.458 e. The van der Waals surface area contributed by atoms with Crippen LogP contribution in [0.3, 0.4) is 0 Å². The Balaban J connectivity index is 2.76. The predicted octanol–water partition coefficient (Wildman–Crippen LogP) is 1.64. The summed E-state index contributed by atoms with van der Waals surface area (Å²) in [5, 5.41) is 0. The van der Waals surface area contributed by atoms with Crippen molar-refractivity contribution < 1.29 is 4.42 Å². The molecule has 1 nitrogen and oxygen atoms in total. The third kappa shape index (κ3) is 0.829. The molecule has 7 heavy (non-hydrogen) atoms. The molecule has 0 atom stereocenters. The van der Waals surface area contributed by atoms with Gasteiger partial charge in [0, 0.05) is 6.42 Å². The van der Waals surface area contributed by atoms with E-state index < -0.39 is 0 Å². The van der Waals surface area contributed by atoms with Crippen molar-refractivity contribution in [3.05, 3.63) is 24.2 Å². The summed E-state index contributed by atoms with van der Waals surface area (Å²) in [7, 11) is 0. The fourth-order valence-electron chi connectivity index (χ4n) is 0.461. The van der Waals surface area contributed by atoms with Crippen molar-refractivity contribution in [1.29, 1.82) is 0 Å². The highest BCUT2D eigenvalue weighted by Gasteiger charge is 1.85. The highest BCUT2D eigenvalue weighted by molar-refractivity contribution is 4.95. The molecule has 1 heterocycles. The number of hydrogen-bond donors (Lipinski definition) is 0. The molecule has 1 rings (SSSR count). The van der Waals surface area contributed by atoms with E-state index in [2.05, 4.69) is 6.26 Å². The Morgan fingerprint density at radius 2 is 2.71 bits per heavy atom. The molecule has 0 saturated carbocycles. The minimum atomic E-state index is 0.962. The zero-order valence-corrected chi connectivity index (χ0v) is 4.27. The van der Waals surface area contributed by atoms with Gasteiger partial charge in [-0.05, 0) is 12.1 Å². The summed E-state index contributed by atoms with van der Waals surface area (Å²) < 4.78 is 4.86. The first-order chi connectivity index (χ1) is 3.43. The molecule has 0 spiro atoms. The summed E-state index contributed by atoms with van der Waals surface area (Å²) in [6.45, 7) is 2.05. The standard InChI is InChI=1S/C6H7O/c1-2-6-4-3-5-7-6/h3-4H,2H2,1H3. The van der Waals surface area contributed by atoms with Crippen LogP contribution in [0.1, 0.15) is 12.7 Å². The van der Waals surface area contributed by atoms with Crippen LogP contribution in [0.5, 0.6) is 0 Å². The van der Waals surface area contributed by atoms with E-state index in [1.165, 1.54) is 0 Å². The monoisotopic (exact) mass is 95.0 g/mol. The van der Waals surface area contributed by atoms with Crippen LogP contribution in [0, 0.1) is 6.26 Å². The van der Waals surface area contributed by atoms with E-state index in [4.69, 9.17) is 4.42 Å². The molecule has 0 saturated heterocycles. The summed E-state index contributed by atoms with van der Waals surface area (Å²) in [6.07, 6.45) is 3.57. The number of furan rings is 1. The smallest absolute Gasteiger partial charge is 0.169 e. The van der Waals surface area contributed by atoms with Crippen LogP contribution in [-0.2, 0) is 6.42 Å². The highest BCUT2D eigenvalue weighted by Crippen LogP contribution is 1.97. The highest BCUT2D eigenvalue weighted by atomic mass is 16.3. The molecule has 37 valence electrons. The van der Waals surface area contributed by atoms with Gasteiger partial charge in [0.25, 0.3) is 0 Å². The van der Waals surface area contributed by atoms with Crippen molar-refractivity contribution in [3.8, 4) is 0 Å². The number of aryl methyl sites for hydroxylation is 1. The van der Waals surface area contributed by atoms with Crippen molar-refractivity contribution in [2.45, 2.75) is 13.3 Å². The number of rotatable bonds is 1. The lowest BCUT2D eigenvalue weighted by molar-refractivity contribution is 0.508. The molecular weight excluding hydrogens is 88.1 g/mol. The first-order valence-electron chi connectivity index (χ1n) is 2.38. The largest absolute Gasteiger partial charge is 0.458 e. The van der Waals surface area contributed by atoms with E-state index in [1.807, 2.05) is 13.0 Å². The van der Waals surface area contributed by atoms with Crippen molar-refractivity contribution >= 4 is 0 Å². The van der Waals surface area contributed by atoms with Gasteiger partial charge in [-0.15, -0.1) is 0 Å². The van der Waals surface area contributed by atoms with E-state index >= 15 is 0 Å². The molecule has 1 aromatic heterocycles. The molecule has 1 radical (unpaired) electrons. The fraction of sp³-hybridized carbons (Fsp3) is 0.333. The first-order valence-corrected chi connectivity index (χ1v) is 2.38. The molecule has 0 amide bonds. The fourth-order valence-corrected chi connectivity index (χ4v) is 0.461. The van der Waals surface area contributed by atoms with Crippen LogP contribution in [0.25, 0.3) is 0 Å². The van der Waals surface area contributed by atoms with Gasteiger partial charge in [-0.1, -0.05) is 6.92 Å². The first kappa shape index (κ1) is 4.44. The van der Waals surface area contributed by atoms with E-state index in [1.54, 1.807) is 6.07 Å². The van der Waals surface area contributed by atoms with Crippen molar-refractivity contribution in [2.24, 2.45) is 0 Å². The molecule has 0 unspecified atom stereocenters. The Bertz CT molecular complexity index is 119. The van der Waals surface area contributed by atoms with Crippen LogP contribution in [0.15, 0.2) is 16.5 Å². The van der Waals surface area contributed by atoms with Gasteiger partial charge < -0.3 is 4.42 Å². The Hall–Kier alpha value is -0.720. The molecule has 1 aromatic rings. The SMILES string of the molecule is CCc1cc[c]o1. The van der Waals surface area contributed by atoms with Gasteiger partial charge in [-0.2, -0.15) is 0 Å². The summed E-state index contributed by atoms with van der Waals surface area (Å²) in [4.78, 5) is 0. The second-order valence-corrected chi connectivity index (χ2v) is 1.37. The van der Waals surface area contributed by atoms with Gasteiger partial charge in [0.2, 0.25) is 0 Å². The van der Waals surface area contributed by atoms with Gasteiger partial charge in [-0.3, -0.25) is 0 Å². The average molecular weight is 95.1 g/mol. The van der Waals surface area contributed by atoms with Gasteiger partial charge in [0.1, 0.15) is 5.76 Å². The van der Waals surface area contributed by atoms with E-state index in [0.717, 1.165) is 12.2 Å². The summed E-state index contributed by atoms with van der Waals surface area (Å²) in [5.74, 6) is 1.00. The molecule has 0 aromatic carbocycles. The molecule has 0 fully saturated rings. The lowest BCUT2D eigenvalue weighted by Gasteiger charge is -1.78. The van der Waals surface area contributed by atoms with Crippen molar-refractivity contribution in [2.75, 3.05) is 0 Å². The van der Waals surface area contributed by atoms with Crippen LogP contribution in [-0.4, -0.2) is 0 Å². The third-order valence-electron chi connectivity index (χ3n) is 0.876. The Labute approximate surface area is 43.0 Å². The topological polar surface area (TPSA) is 13.1 Å². The zero-order valence-electron chi connectivity index (χ0n) is 4.27. The Morgan fingerprint density at radius 3 is 3.00 bits per heavy atom. The number of hydrogen-bond acceptors (Lipinski definition) is 1. The third-order valence-corrected chi connectivity index (χ3v) is 0.876. The Kier molecular flexibility index (Phi) is 1.16. The van der Waals surface area contributed by atoms with Gasteiger partial charge in [0.05, 0.1) is 0 Å². The maximum absolute atomic E-state index is 4.86. The maximum atomic E-state index is 4.86. The van der Waals surface area contributed by atoms with Crippen LogP contribution in [0.4, 0.5) is 0 Å². The molecule has 0 aliphatic rings. The van der Waals surface area contributed by atoms with Crippen LogP contribution < -0.4 is 0 Å². The Morgan fingerprint density at radius 1 is 1.86 bits per heavy atom. The van der Waals surface area contributed by atoms with Gasteiger partial charge >= 0.3 is 0 Å². The molecule has 0 bridgehead atoms. The lowest BCUT2D eigenvalue weighted by atomic mass is 10.4. The quantitative estimate of drug-likeness (QED) is 0.516. The molecular formula is C6H7O. The second kappa shape index (κ2) is 1.82. The summed E-state index contributed by atoms with van der Waals surface area (Å²) in [6, 6.07) is 3.69. The zero-order chi connectivity index (χ0) is 5.11. The molecule has 1 heteroatoms. The maximum Gasteiger partial charge on any atom is 0.169 e. The molecule has 0 aliphatic carbocycles. The average Bonchev–Trinajstić information content (AvgIpc) is 2.14. The van der Waals surface area contributed by atoms with Gasteiger partial charge in [0.15, 0.2) is 6.26 Å². The van der Waals surface area contributed by atoms with Crippen LogP contribution >= 0.6 is 0 Å².